The molecule has 0 amide bonds. The molecule has 0 bridgehead atoms. The average Bonchev–Trinajstić information content (AvgIpc) is 2.37. The van der Waals surface area contributed by atoms with Crippen molar-refractivity contribution in [3.8, 4) is 0 Å². The van der Waals surface area contributed by atoms with Crippen molar-refractivity contribution in [2.75, 3.05) is 19.6 Å². The lowest BCUT2D eigenvalue weighted by molar-refractivity contribution is -0.385. The standard InChI is InChI=1S/C12H16FN3O4S/c1-12(2)8-14-5-6-15(12)21(19,20)11-4-3-9(16(17)18)7-10(11)13/h3-4,7,14H,5-6,8H2,1-2H3. The largest absolute Gasteiger partial charge is 0.314 e. The van der Waals surface area contributed by atoms with Crippen LogP contribution in [0.25, 0.3) is 0 Å². The monoisotopic (exact) mass is 317 g/mol. The van der Waals surface area contributed by atoms with Crippen LogP contribution in [0.4, 0.5) is 10.1 Å². The maximum atomic E-state index is 14.0. The number of nitro groups is 1. The van der Waals surface area contributed by atoms with Crippen molar-refractivity contribution in [2.24, 2.45) is 0 Å². The third-order valence-corrected chi connectivity index (χ3v) is 5.56. The number of hydrogen-bond acceptors (Lipinski definition) is 5. The highest BCUT2D eigenvalue weighted by molar-refractivity contribution is 7.89. The zero-order valence-corrected chi connectivity index (χ0v) is 12.5. The molecule has 1 heterocycles. The molecule has 0 atom stereocenters. The van der Waals surface area contributed by atoms with Gasteiger partial charge in [0.25, 0.3) is 5.69 Å². The van der Waals surface area contributed by atoms with Gasteiger partial charge in [-0.25, -0.2) is 12.8 Å². The van der Waals surface area contributed by atoms with Crippen LogP contribution in [0.1, 0.15) is 13.8 Å². The minimum atomic E-state index is -4.05. The number of nitro benzene ring substituents is 1. The maximum absolute atomic E-state index is 14.0. The molecule has 1 fully saturated rings. The van der Waals surface area contributed by atoms with E-state index in [1.165, 1.54) is 4.31 Å². The lowest BCUT2D eigenvalue weighted by Crippen LogP contribution is -2.59. The lowest BCUT2D eigenvalue weighted by Gasteiger charge is -2.41. The minimum absolute atomic E-state index is 0.214. The van der Waals surface area contributed by atoms with E-state index >= 15 is 0 Å². The highest BCUT2D eigenvalue weighted by Crippen LogP contribution is 2.29. The van der Waals surface area contributed by atoms with Gasteiger partial charge in [0.05, 0.1) is 11.0 Å². The number of hydrogen-bond donors (Lipinski definition) is 1. The van der Waals surface area contributed by atoms with Crippen molar-refractivity contribution < 1.29 is 17.7 Å². The van der Waals surface area contributed by atoms with Crippen LogP contribution in [0, 0.1) is 15.9 Å². The minimum Gasteiger partial charge on any atom is -0.314 e. The summed E-state index contributed by atoms with van der Waals surface area (Å²) >= 11 is 0. The molecular weight excluding hydrogens is 301 g/mol. The summed E-state index contributed by atoms with van der Waals surface area (Å²) in [5.41, 5.74) is -1.18. The summed E-state index contributed by atoms with van der Waals surface area (Å²) in [7, 11) is -4.05. The summed E-state index contributed by atoms with van der Waals surface area (Å²) in [4.78, 5) is 9.28. The Labute approximate surface area is 122 Å². The highest BCUT2D eigenvalue weighted by atomic mass is 32.2. The Kier molecular flexibility index (Phi) is 4.00. The van der Waals surface area contributed by atoms with Gasteiger partial charge in [0.15, 0.2) is 0 Å². The number of benzene rings is 1. The maximum Gasteiger partial charge on any atom is 0.272 e. The van der Waals surface area contributed by atoms with Crippen molar-refractivity contribution in [3.05, 3.63) is 34.1 Å². The van der Waals surface area contributed by atoms with Gasteiger partial charge in [0, 0.05) is 31.2 Å². The van der Waals surface area contributed by atoms with Gasteiger partial charge >= 0.3 is 0 Å². The van der Waals surface area contributed by atoms with Gasteiger partial charge in [-0.05, 0) is 19.9 Å². The van der Waals surface area contributed by atoms with Crippen LogP contribution in [0.2, 0.25) is 0 Å². The van der Waals surface area contributed by atoms with E-state index in [2.05, 4.69) is 5.32 Å². The van der Waals surface area contributed by atoms with Crippen LogP contribution in [-0.4, -0.2) is 42.8 Å². The first-order chi connectivity index (χ1) is 9.66. The Bertz CT molecular complexity index is 675. The Morgan fingerprint density at radius 3 is 2.62 bits per heavy atom. The number of sulfonamides is 1. The van der Waals surface area contributed by atoms with E-state index in [0.717, 1.165) is 12.1 Å². The van der Waals surface area contributed by atoms with Crippen molar-refractivity contribution in [2.45, 2.75) is 24.3 Å². The van der Waals surface area contributed by atoms with Gasteiger partial charge in [-0.2, -0.15) is 4.31 Å². The number of nitrogens with zero attached hydrogens (tertiary/aromatic N) is 2. The molecular formula is C12H16FN3O4S. The predicted octanol–water partition coefficient (Wildman–Crippen LogP) is 1.11. The first-order valence-corrected chi connectivity index (χ1v) is 7.78. The van der Waals surface area contributed by atoms with Gasteiger partial charge < -0.3 is 5.32 Å². The summed E-state index contributed by atoms with van der Waals surface area (Å²) in [5.74, 6) is -1.11. The summed E-state index contributed by atoms with van der Waals surface area (Å²) in [6.07, 6.45) is 0. The van der Waals surface area contributed by atoms with Crippen molar-refractivity contribution in [1.82, 2.24) is 9.62 Å². The van der Waals surface area contributed by atoms with E-state index in [0.29, 0.717) is 19.2 Å². The molecule has 0 aromatic heterocycles. The molecule has 7 nitrogen and oxygen atoms in total. The van der Waals surface area contributed by atoms with E-state index in [9.17, 15) is 22.9 Å². The second-order valence-electron chi connectivity index (χ2n) is 5.44. The van der Waals surface area contributed by atoms with Gasteiger partial charge in [-0.15, -0.1) is 0 Å². The van der Waals surface area contributed by atoms with E-state index in [-0.39, 0.29) is 6.54 Å². The van der Waals surface area contributed by atoms with E-state index in [1.54, 1.807) is 13.8 Å². The molecule has 0 radical (unpaired) electrons. The van der Waals surface area contributed by atoms with Crippen LogP contribution in [-0.2, 0) is 10.0 Å². The molecule has 0 saturated carbocycles. The Hall–Kier alpha value is -1.58. The smallest absolute Gasteiger partial charge is 0.272 e. The highest BCUT2D eigenvalue weighted by Gasteiger charge is 2.40. The van der Waals surface area contributed by atoms with Crippen molar-refractivity contribution in [1.29, 1.82) is 0 Å². The Morgan fingerprint density at radius 1 is 1.43 bits per heavy atom. The molecule has 1 aromatic rings. The first-order valence-electron chi connectivity index (χ1n) is 6.34. The quantitative estimate of drug-likeness (QED) is 0.666. The normalized spacial score (nSPS) is 19.4. The molecule has 116 valence electrons. The number of nitrogens with one attached hydrogen (secondary N) is 1. The second kappa shape index (κ2) is 5.32. The molecule has 2 rings (SSSR count). The lowest BCUT2D eigenvalue weighted by atomic mass is 10.0. The number of halogens is 1. The van der Waals surface area contributed by atoms with Crippen LogP contribution in [0.15, 0.2) is 23.1 Å². The molecule has 1 aliphatic rings. The topological polar surface area (TPSA) is 92.6 Å². The van der Waals surface area contributed by atoms with Crippen LogP contribution in [0.5, 0.6) is 0 Å². The molecule has 9 heteroatoms. The van der Waals surface area contributed by atoms with E-state index in [4.69, 9.17) is 0 Å². The van der Waals surface area contributed by atoms with Crippen LogP contribution in [0.3, 0.4) is 0 Å². The van der Waals surface area contributed by atoms with Gasteiger partial charge in [0.2, 0.25) is 10.0 Å². The molecule has 0 spiro atoms. The summed E-state index contributed by atoms with van der Waals surface area (Å²) in [6.45, 7) is 4.60. The van der Waals surface area contributed by atoms with E-state index < -0.39 is 36.9 Å². The SMILES string of the molecule is CC1(C)CNCCN1S(=O)(=O)c1ccc([N+](=O)[O-])cc1F. The van der Waals surface area contributed by atoms with Crippen molar-refractivity contribution in [3.63, 3.8) is 0 Å². The van der Waals surface area contributed by atoms with Gasteiger partial charge in [-0.1, -0.05) is 0 Å². The Balaban J connectivity index is 2.47. The molecule has 1 aliphatic heterocycles. The fraction of sp³-hybridized carbons (Fsp3) is 0.500. The molecule has 0 aliphatic carbocycles. The molecule has 1 saturated heterocycles. The number of non-ortho nitro benzene ring substituents is 1. The molecule has 0 unspecified atom stereocenters. The summed E-state index contributed by atoms with van der Waals surface area (Å²) in [6, 6.07) is 2.56. The number of rotatable bonds is 3. The Morgan fingerprint density at radius 2 is 2.10 bits per heavy atom. The summed E-state index contributed by atoms with van der Waals surface area (Å²) in [5, 5.41) is 13.7. The third kappa shape index (κ3) is 2.89. The van der Waals surface area contributed by atoms with Gasteiger partial charge in [-0.3, -0.25) is 10.1 Å². The van der Waals surface area contributed by atoms with Crippen LogP contribution >= 0.6 is 0 Å². The number of piperazine rings is 1. The predicted molar refractivity (Wildman–Crippen MR) is 73.9 cm³/mol. The van der Waals surface area contributed by atoms with Crippen LogP contribution < -0.4 is 5.32 Å². The second-order valence-corrected chi connectivity index (χ2v) is 7.27. The zero-order chi connectivity index (χ0) is 15.8. The van der Waals surface area contributed by atoms with Crippen molar-refractivity contribution >= 4 is 15.7 Å². The van der Waals surface area contributed by atoms with E-state index in [1.807, 2.05) is 0 Å². The summed E-state index contributed by atoms with van der Waals surface area (Å²) < 4.78 is 40.4. The molecule has 1 N–H and O–H groups in total. The fourth-order valence-corrected chi connectivity index (χ4v) is 4.17. The molecule has 1 aromatic carbocycles. The molecule has 21 heavy (non-hydrogen) atoms. The average molecular weight is 317 g/mol. The first kappa shape index (κ1) is 15.8. The zero-order valence-electron chi connectivity index (χ0n) is 11.7. The third-order valence-electron chi connectivity index (χ3n) is 3.42. The fourth-order valence-electron chi connectivity index (χ4n) is 2.34. The van der Waals surface area contributed by atoms with Gasteiger partial charge in [0.1, 0.15) is 10.7 Å².